The van der Waals surface area contributed by atoms with Crippen LogP contribution < -0.4 is 21.1 Å². The van der Waals surface area contributed by atoms with Gasteiger partial charge in [0.05, 0.1) is 11.0 Å². The highest BCUT2D eigenvalue weighted by atomic mass is 16.5. The van der Waals surface area contributed by atoms with Crippen LogP contribution in [0.4, 0.5) is 0 Å². The van der Waals surface area contributed by atoms with E-state index in [1.165, 1.54) is 0 Å². The maximum Gasteiger partial charge on any atom is 0.326 e. The Morgan fingerprint density at radius 2 is 1.55 bits per heavy atom. The first-order valence-electron chi connectivity index (χ1n) is 10.4. The molecule has 29 heavy (non-hydrogen) atoms. The van der Waals surface area contributed by atoms with Crippen LogP contribution in [-0.2, 0) is 0 Å². The molecule has 0 unspecified atom stereocenters. The highest BCUT2D eigenvalue weighted by Crippen LogP contribution is 2.21. The highest BCUT2D eigenvalue weighted by Gasteiger charge is 2.19. The summed E-state index contributed by atoms with van der Waals surface area (Å²) in [5.74, 6) is 0. The Labute approximate surface area is 169 Å². The molecule has 8 heteroatoms. The third kappa shape index (κ3) is 5.02. The lowest BCUT2D eigenvalue weighted by atomic mass is 10.1. The van der Waals surface area contributed by atoms with Crippen molar-refractivity contribution in [3.05, 3.63) is 53.2 Å². The van der Waals surface area contributed by atoms with E-state index in [1.807, 2.05) is 28.8 Å². The van der Waals surface area contributed by atoms with E-state index in [0.29, 0.717) is 12.1 Å². The van der Waals surface area contributed by atoms with E-state index in [1.54, 1.807) is 18.5 Å². The van der Waals surface area contributed by atoms with Crippen molar-refractivity contribution in [3.8, 4) is 6.01 Å². The summed E-state index contributed by atoms with van der Waals surface area (Å²) in [6, 6.07) is 10.5. The van der Waals surface area contributed by atoms with E-state index in [9.17, 15) is 4.79 Å². The molecule has 2 aromatic heterocycles. The number of nitrogens with one attached hydrogen (secondary N) is 3. The molecule has 0 radical (unpaired) electrons. The topological polar surface area (TPSA) is 96.9 Å². The van der Waals surface area contributed by atoms with E-state index in [2.05, 4.69) is 25.6 Å². The zero-order valence-electron chi connectivity index (χ0n) is 16.5. The van der Waals surface area contributed by atoms with Gasteiger partial charge in [-0.3, -0.25) is 4.57 Å². The van der Waals surface area contributed by atoms with Gasteiger partial charge in [0, 0.05) is 18.4 Å². The zero-order chi connectivity index (χ0) is 19.9. The molecular weight excluding hydrogens is 368 g/mol. The Hall–Kier alpha value is -2.71. The van der Waals surface area contributed by atoms with Crippen molar-refractivity contribution in [2.24, 2.45) is 0 Å². The number of rotatable bonds is 3. The number of imidazole rings is 1. The molecule has 2 aliphatic heterocycles. The molecule has 2 aliphatic rings. The Bertz CT molecular complexity index is 942. The molecule has 0 aliphatic carbocycles. The lowest BCUT2D eigenvalue weighted by Gasteiger charge is -2.23. The van der Waals surface area contributed by atoms with Gasteiger partial charge >= 0.3 is 11.7 Å². The number of para-hydroxylation sites is 2. The van der Waals surface area contributed by atoms with Crippen LogP contribution in [0.1, 0.15) is 31.7 Å². The number of H-pyrrole nitrogens is 1. The second-order valence-corrected chi connectivity index (χ2v) is 7.40. The molecule has 0 bridgehead atoms. The van der Waals surface area contributed by atoms with Gasteiger partial charge in [0.2, 0.25) is 0 Å². The highest BCUT2D eigenvalue weighted by molar-refractivity contribution is 5.75. The SMILES string of the molecule is O=c1[nH]c2ccccc2n1C1CCNCC1.c1cnc(OC2CCNCC2)nc1. The average Bonchev–Trinajstić information content (AvgIpc) is 3.12. The quantitative estimate of drug-likeness (QED) is 0.625. The van der Waals surface area contributed by atoms with Crippen molar-refractivity contribution in [2.45, 2.75) is 37.8 Å². The summed E-state index contributed by atoms with van der Waals surface area (Å²) in [5, 5.41) is 6.60. The van der Waals surface area contributed by atoms with Crippen LogP contribution in [-0.4, -0.2) is 51.8 Å². The fourth-order valence-electron chi connectivity index (χ4n) is 3.91. The first-order chi connectivity index (χ1) is 14.3. The van der Waals surface area contributed by atoms with Crippen molar-refractivity contribution in [3.63, 3.8) is 0 Å². The summed E-state index contributed by atoms with van der Waals surface area (Å²) >= 11 is 0. The fourth-order valence-corrected chi connectivity index (χ4v) is 3.91. The minimum atomic E-state index is 0.0214. The van der Waals surface area contributed by atoms with Crippen LogP contribution in [0.3, 0.4) is 0 Å². The number of hydrogen-bond acceptors (Lipinski definition) is 6. The minimum Gasteiger partial charge on any atom is -0.460 e. The molecule has 0 atom stereocenters. The second-order valence-electron chi connectivity index (χ2n) is 7.40. The van der Waals surface area contributed by atoms with Crippen molar-refractivity contribution in [1.29, 1.82) is 0 Å². The molecule has 154 valence electrons. The summed E-state index contributed by atoms with van der Waals surface area (Å²) in [4.78, 5) is 22.9. The van der Waals surface area contributed by atoms with Crippen molar-refractivity contribution in [2.75, 3.05) is 26.2 Å². The number of benzene rings is 1. The summed E-state index contributed by atoms with van der Waals surface area (Å²) in [6.45, 7) is 4.04. The van der Waals surface area contributed by atoms with Crippen molar-refractivity contribution < 1.29 is 4.74 Å². The van der Waals surface area contributed by atoms with E-state index < -0.39 is 0 Å². The van der Waals surface area contributed by atoms with Gasteiger partial charge < -0.3 is 20.4 Å². The smallest absolute Gasteiger partial charge is 0.326 e. The van der Waals surface area contributed by atoms with Gasteiger partial charge in [0.25, 0.3) is 0 Å². The largest absolute Gasteiger partial charge is 0.460 e. The molecule has 2 saturated heterocycles. The molecule has 1 aromatic carbocycles. The Morgan fingerprint density at radius 3 is 2.28 bits per heavy atom. The van der Waals surface area contributed by atoms with E-state index in [-0.39, 0.29) is 11.8 Å². The lowest BCUT2D eigenvalue weighted by molar-refractivity contribution is 0.149. The average molecular weight is 396 g/mol. The number of hydrogen-bond donors (Lipinski definition) is 3. The van der Waals surface area contributed by atoms with Crippen molar-refractivity contribution >= 4 is 11.0 Å². The van der Waals surface area contributed by atoms with Gasteiger partial charge in [-0.15, -0.1) is 0 Å². The maximum absolute atomic E-state index is 11.9. The van der Waals surface area contributed by atoms with Gasteiger partial charge in [-0.05, 0) is 70.1 Å². The number of piperidine rings is 2. The minimum absolute atomic E-state index is 0.0214. The molecule has 0 amide bonds. The molecular formula is C21H28N6O2. The molecule has 0 saturated carbocycles. The molecule has 3 aromatic rings. The van der Waals surface area contributed by atoms with Gasteiger partial charge in [-0.2, -0.15) is 0 Å². The number of nitrogens with zero attached hydrogens (tertiary/aromatic N) is 3. The lowest BCUT2D eigenvalue weighted by Crippen LogP contribution is -2.34. The molecule has 0 spiro atoms. The van der Waals surface area contributed by atoms with Gasteiger partial charge in [-0.25, -0.2) is 14.8 Å². The molecule has 5 rings (SSSR count). The van der Waals surface area contributed by atoms with E-state index in [4.69, 9.17) is 4.74 Å². The number of aromatic amines is 1. The predicted molar refractivity (Wildman–Crippen MR) is 112 cm³/mol. The summed E-state index contributed by atoms with van der Waals surface area (Å²) in [5.41, 5.74) is 1.98. The molecule has 3 N–H and O–H groups in total. The van der Waals surface area contributed by atoms with Crippen LogP contribution in [0, 0.1) is 0 Å². The van der Waals surface area contributed by atoms with Gasteiger partial charge in [-0.1, -0.05) is 12.1 Å². The van der Waals surface area contributed by atoms with Crippen LogP contribution in [0.5, 0.6) is 6.01 Å². The predicted octanol–water partition coefficient (Wildman–Crippen LogP) is 1.86. The molecule has 4 heterocycles. The summed E-state index contributed by atoms with van der Waals surface area (Å²) < 4.78 is 7.51. The Balaban J connectivity index is 0.000000145. The first-order valence-corrected chi connectivity index (χ1v) is 10.4. The zero-order valence-corrected chi connectivity index (χ0v) is 16.5. The summed E-state index contributed by atoms with van der Waals surface area (Å²) in [7, 11) is 0. The number of aromatic nitrogens is 4. The third-order valence-electron chi connectivity index (χ3n) is 5.40. The third-order valence-corrected chi connectivity index (χ3v) is 5.40. The van der Waals surface area contributed by atoms with Crippen LogP contribution >= 0.6 is 0 Å². The Kier molecular flexibility index (Phi) is 6.53. The summed E-state index contributed by atoms with van der Waals surface area (Å²) in [6.07, 6.45) is 7.82. The van der Waals surface area contributed by atoms with Crippen LogP contribution in [0.2, 0.25) is 0 Å². The number of ether oxygens (including phenoxy) is 1. The van der Waals surface area contributed by atoms with E-state index >= 15 is 0 Å². The van der Waals surface area contributed by atoms with Gasteiger partial charge in [0.15, 0.2) is 0 Å². The normalized spacial score (nSPS) is 18.2. The van der Waals surface area contributed by atoms with Crippen LogP contribution in [0.25, 0.3) is 11.0 Å². The van der Waals surface area contributed by atoms with E-state index in [0.717, 1.165) is 62.9 Å². The molecule has 8 nitrogen and oxygen atoms in total. The molecule has 2 fully saturated rings. The Morgan fingerprint density at radius 1 is 0.897 bits per heavy atom. The first kappa shape index (κ1) is 19.6. The monoisotopic (exact) mass is 396 g/mol. The fraction of sp³-hybridized carbons (Fsp3) is 0.476. The standard InChI is InChI=1S/C12H15N3O.C9H13N3O/c16-12-14-10-3-1-2-4-11(10)15(12)9-5-7-13-8-6-9;1-4-11-9(12-5-1)13-8-2-6-10-7-3-8/h1-4,9,13H,5-8H2,(H,14,16);1,4-5,8,10H,2-3,6-7H2. The maximum atomic E-state index is 11.9. The van der Waals surface area contributed by atoms with Crippen LogP contribution in [0.15, 0.2) is 47.5 Å². The van der Waals surface area contributed by atoms with Crippen molar-refractivity contribution in [1.82, 2.24) is 30.2 Å². The second kappa shape index (κ2) is 9.67. The van der Waals surface area contributed by atoms with Gasteiger partial charge in [0.1, 0.15) is 6.10 Å². The number of fused-ring (bicyclic) bond motifs is 1.